The van der Waals surface area contributed by atoms with Crippen molar-refractivity contribution in [1.29, 1.82) is 0 Å². The molecule has 17 heavy (non-hydrogen) atoms. The summed E-state index contributed by atoms with van der Waals surface area (Å²) in [6, 6.07) is -1.25. The van der Waals surface area contributed by atoms with Gasteiger partial charge in [-0.3, -0.25) is 14.4 Å². The standard InChI is InChI=1S/C11H19ClN2O3/c1-7(2)4-9(10(16)5-12)14-11(17)8(3)13-6-15/h6-9H,4-5H2,1-3H3,(H,13,15)(H,14,17)/t8-,9-/m0/s1. The van der Waals surface area contributed by atoms with Gasteiger partial charge in [-0.15, -0.1) is 11.6 Å². The van der Waals surface area contributed by atoms with Crippen LogP contribution in [0.15, 0.2) is 0 Å². The van der Waals surface area contributed by atoms with Gasteiger partial charge in [0.1, 0.15) is 6.04 Å². The first kappa shape index (κ1) is 15.9. The van der Waals surface area contributed by atoms with E-state index in [-0.39, 0.29) is 23.5 Å². The van der Waals surface area contributed by atoms with Crippen molar-refractivity contribution in [2.24, 2.45) is 5.92 Å². The lowest BCUT2D eigenvalue weighted by atomic mass is 10.0. The van der Waals surface area contributed by atoms with Gasteiger partial charge < -0.3 is 10.6 Å². The topological polar surface area (TPSA) is 75.3 Å². The van der Waals surface area contributed by atoms with E-state index in [4.69, 9.17) is 11.6 Å². The predicted octanol–water partition coefficient (Wildman–Crippen LogP) is 0.460. The van der Waals surface area contributed by atoms with E-state index in [1.165, 1.54) is 0 Å². The fourth-order valence-corrected chi connectivity index (χ4v) is 1.50. The minimum absolute atomic E-state index is 0.132. The van der Waals surface area contributed by atoms with Gasteiger partial charge >= 0.3 is 0 Å². The highest BCUT2D eigenvalue weighted by atomic mass is 35.5. The van der Waals surface area contributed by atoms with Crippen molar-refractivity contribution in [3.63, 3.8) is 0 Å². The first-order valence-electron chi connectivity index (χ1n) is 5.51. The third-order valence-electron chi connectivity index (χ3n) is 2.26. The number of alkyl halides is 1. The number of rotatable bonds is 8. The second kappa shape index (κ2) is 8.06. The van der Waals surface area contributed by atoms with Crippen LogP contribution in [-0.2, 0) is 14.4 Å². The van der Waals surface area contributed by atoms with Crippen LogP contribution in [0, 0.1) is 5.92 Å². The number of hydrogen-bond donors (Lipinski definition) is 2. The molecule has 0 saturated carbocycles. The second-order valence-corrected chi connectivity index (χ2v) is 4.56. The van der Waals surface area contributed by atoms with Crippen molar-refractivity contribution in [3.05, 3.63) is 0 Å². The van der Waals surface area contributed by atoms with E-state index in [2.05, 4.69) is 10.6 Å². The van der Waals surface area contributed by atoms with Gasteiger partial charge in [0.2, 0.25) is 12.3 Å². The van der Waals surface area contributed by atoms with E-state index >= 15 is 0 Å². The molecule has 0 rings (SSSR count). The summed E-state index contributed by atoms with van der Waals surface area (Å²) in [5.74, 6) is -0.470. The molecular formula is C11H19ClN2O3. The summed E-state index contributed by atoms with van der Waals surface area (Å²) in [4.78, 5) is 33.3. The largest absolute Gasteiger partial charge is 0.347 e. The molecule has 0 saturated heterocycles. The summed E-state index contributed by atoms with van der Waals surface area (Å²) in [6.07, 6.45) is 0.982. The predicted molar refractivity (Wildman–Crippen MR) is 65.8 cm³/mol. The van der Waals surface area contributed by atoms with E-state index in [1.807, 2.05) is 13.8 Å². The average molecular weight is 263 g/mol. The molecule has 6 heteroatoms. The van der Waals surface area contributed by atoms with Crippen molar-refractivity contribution in [2.75, 3.05) is 5.88 Å². The summed E-state index contributed by atoms with van der Waals surface area (Å²) >= 11 is 5.48. The quantitative estimate of drug-likeness (QED) is 0.493. The summed E-state index contributed by atoms with van der Waals surface area (Å²) in [6.45, 7) is 5.45. The third-order valence-corrected chi connectivity index (χ3v) is 2.52. The first-order valence-corrected chi connectivity index (χ1v) is 6.04. The summed E-state index contributed by atoms with van der Waals surface area (Å²) in [7, 11) is 0. The molecule has 0 aliphatic rings. The third kappa shape index (κ3) is 6.26. The lowest BCUT2D eigenvalue weighted by molar-refractivity contribution is -0.129. The first-order chi connectivity index (χ1) is 7.92. The zero-order valence-electron chi connectivity index (χ0n) is 10.3. The zero-order valence-corrected chi connectivity index (χ0v) is 11.1. The Labute approximate surface area is 106 Å². The summed E-state index contributed by atoms with van der Waals surface area (Å²) < 4.78 is 0. The van der Waals surface area contributed by atoms with E-state index in [1.54, 1.807) is 6.92 Å². The molecule has 0 aliphatic heterocycles. The van der Waals surface area contributed by atoms with Gasteiger partial charge in [-0.2, -0.15) is 0 Å². The van der Waals surface area contributed by atoms with Gasteiger partial charge in [0.05, 0.1) is 11.9 Å². The number of carbonyl (C=O) groups is 3. The van der Waals surface area contributed by atoms with Crippen LogP contribution in [0.5, 0.6) is 0 Å². The van der Waals surface area contributed by atoms with Crippen LogP contribution in [0.4, 0.5) is 0 Å². The van der Waals surface area contributed by atoms with Crippen LogP contribution in [0.2, 0.25) is 0 Å². The minimum Gasteiger partial charge on any atom is -0.347 e. The van der Waals surface area contributed by atoms with Gasteiger partial charge in [0.15, 0.2) is 5.78 Å². The highest BCUT2D eigenvalue weighted by molar-refractivity contribution is 6.28. The zero-order chi connectivity index (χ0) is 13.4. The molecule has 0 spiro atoms. The SMILES string of the molecule is CC(C)C[C@H](NC(=O)[C@H](C)NC=O)C(=O)CCl. The monoisotopic (exact) mass is 262 g/mol. The minimum atomic E-state index is -0.662. The molecule has 2 N–H and O–H groups in total. The van der Waals surface area contributed by atoms with Crippen molar-refractivity contribution >= 4 is 29.7 Å². The highest BCUT2D eigenvalue weighted by Crippen LogP contribution is 2.07. The molecular weight excluding hydrogens is 244 g/mol. The van der Waals surface area contributed by atoms with Crippen molar-refractivity contribution < 1.29 is 14.4 Å². The van der Waals surface area contributed by atoms with E-state index in [0.717, 1.165) is 0 Å². The van der Waals surface area contributed by atoms with Crippen molar-refractivity contribution in [1.82, 2.24) is 10.6 Å². The Bertz CT molecular complexity index is 282. The Morgan fingerprint density at radius 1 is 1.29 bits per heavy atom. The molecule has 0 radical (unpaired) electrons. The summed E-state index contributed by atoms with van der Waals surface area (Å²) in [5.41, 5.74) is 0. The Hall–Kier alpha value is -1.10. The number of carbonyl (C=O) groups excluding carboxylic acids is 3. The van der Waals surface area contributed by atoms with Crippen molar-refractivity contribution in [3.8, 4) is 0 Å². The normalized spacial score (nSPS) is 13.9. The molecule has 0 aliphatic carbocycles. The molecule has 2 amide bonds. The maximum atomic E-state index is 11.6. The molecule has 0 fully saturated rings. The van der Waals surface area contributed by atoms with Gasteiger partial charge in [-0.25, -0.2) is 0 Å². The van der Waals surface area contributed by atoms with Crippen LogP contribution in [0.1, 0.15) is 27.2 Å². The Morgan fingerprint density at radius 2 is 1.88 bits per heavy atom. The molecule has 0 bridgehead atoms. The number of nitrogens with one attached hydrogen (secondary N) is 2. The number of Topliss-reactive ketones (excluding diaryl/α,β-unsaturated/α-hetero) is 1. The maximum Gasteiger partial charge on any atom is 0.242 e. The van der Waals surface area contributed by atoms with Gasteiger partial charge in [-0.1, -0.05) is 13.8 Å². The maximum absolute atomic E-state index is 11.6. The fraction of sp³-hybridized carbons (Fsp3) is 0.727. The average Bonchev–Trinajstić information content (AvgIpc) is 2.26. The van der Waals surface area contributed by atoms with Crippen LogP contribution in [0.3, 0.4) is 0 Å². The van der Waals surface area contributed by atoms with Crippen LogP contribution >= 0.6 is 11.6 Å². The fourth-order valence-electron chi connectivity index (χ4n) is 1.31. The molecule has 0 aromatic heterocycles. The number of halogens is 1. The van der Waals surface area contributed by atoms with Crippen LogP contribution < -0.4 is 10.6 Å². The molecule has 5 nitrogen and oxygen atoms in total. The molecule has 0 unspecified atom stereocenters. The number of ketones is 1. The molecule has 2 atom stereocenters. The Morgan fingerprint density at radius 3 is 2.29 bits per heavy atom. The number of amides is 2. The lowest BCUT2D eigenvalue weighted by Gasteiger charge is -2.20. The Kier molecular flexibility index (Phi) is 7.54. The molecule has 0 heterocycles. The Balaban J connectivity index is 4.46. The van der Waals surface area contributed by atoms with Crippen LogP contribution in [0.25, 0.3) is 0 Å². The van der Waals surface area contributed by atoms with E-state index in [0.29, 0.717) is 12.8 Å². The summed E-state index contributed by atoms with van der Waals surface area (Å²) in [5, 5.41) is 4.91. The molecule has 0 aromatic rings. The van der Waals surface area contributed by atoms with Crippen molar-refractivity contribution in [2.45, 2.75) is 39.3 Å². The van der Waals surface area contributed by atoms with Gasteiger partial charge in [-0.05, 0) is 19.3 Å². The smallest absolute Gasteiger partial charge is 0.242 e. The van der Waals surface area contributed by atoms with E-state index < -0.39 is 12.1 Å². The second-order valence-electron chi connectivity index (χ2n) is 4.30. The van der Waals surface area contributed by atoms with E-state index in [9.17, 15) is 14.4 Å². The van der Waals surface area contributed by atoms with Gasteiger partial charge in [0.25, 0.3) is 0 Å². The highest BCUT2D eigenvalue weighted by Gasteiger charge is 2.23. The lowest BCUT2D eigenvalue weighted by Crippen LogP contribution is -2.49. The number of hydrogen-bond acceptors (Lipinski definition) is 3. The van der Waals surface area contributed by atoms with Crippen LogP contribution in [-0.4, -0.2) is 36.1 Å². The van der Waals surface area contributed by atoms with Gasteiger partial charge in [0, 0.05) is 0 Å². The molecule has 98 valence electrons. The molecule has 0 aromatic carbocycles.